The number of nitrogens with zero attached hydrogens (tertiary/aromatic N) is 3. The molecule has 9 heteroatoms. The second-order valence-corrected chi connectivity index (χ2v) is 8.35. The average molecular weight is 475 g/mol. The van der Waals surface area contributed by atoms with E-state index in [4.69, 9.17) is 21.1 Å². The molecule has 0 aliphatic rings. The number of aromatic nitrogens is 3. The minimum absolute atomic E-state index is 0.0412. The number of nitrogens with one attached hydrogen (secondary N) is 1. The maximum atomic E-state index is 12.1. The molecule has 0 aliphatic carbocycles. The Bertz CT molecular complexity index is 1040. The van der Waals surface area contributed by atoms with Crippen molar-refractivity contribution in [2.24, 2.45) is 0 Å². The Morgan fingerprint density at radius 1 is 1.09 bits per heavy atom. The number of amides is 1. The Kier molecular flexibility index (Phi) is 8.81. The third kappa shape index (κ3) is 6.40. The van der Waals surface area contributed by atoms with E-state index in [1.54, 1.807) is 0 Å². The Morgan fingerprint density at radius 3 is 2.47 bits per heavy atom. The van der Waals surface area contributed by atoms with Crippen LogP contribution >= 0.6 is 23.4 Å². The molecule has 0 saturated heterocycles. The summed E-state index contributed by atoms with van der Waals surface area (Å²) in [5.41, 5.74) is 1.79. The summed E-state index contributed by atoms with van der Waals surface area (Å²) in [5, 5.41) is 12.7. The highest BCUT2D eigenvalue weighted by atomic mass is 35.5. The first kappa shape index (κ1) is 23.9. The van der Waals surface area contributed by atoms with Gasteiger partial charge in [-0.3, -0.25) is 9.36 Å². The third-order valence-corrected chi connectivity index (χ3v) is 5.86. The van der Waals surface area contributed by atoms with E-state index in [9.17, 15) is 4.79 Å². The van der Waals surface area contributed by atoms with Gasteiger partial charge in [0.2, 0.25) is 5.91 Å². The quantitative estimate of drug-likeness (QED) is 0.401. The lowest BCUT2D eigenvalue weighted by Crippen LogP contribution is -2.25. The lowest BCUT2D eigenvalue weighted by Gasteiger charge is -2.12. The van der Waals surface area contributed by atoms with Gasteiger partial charge in [-0.25, -0.2) is 0 Å². The van der Waals surface area contributed by atoms with E-state index >= 15 is 0 Å². The van der Waals surface area contributed by atoms with E-state index in [1.807, 2.05) is 67.8 Å². The summed E-state index contributed by atoms with van der Waals surface area (Å²) >= 11 is 7.69. The van der Waals surface area contributed by atoms with E-state index in [1.165, 1.54) is 11.8 Å². The molecule has 0 unspecified atom stereocenters. The fourth-order valence-corrected chi connectivity index (χ4v) is 3.84. The van der Waals surface area contributed by atoms with Gasteiger partial charge in [-0.05, 0) is 62.2 Å². The molecule has 1 amide bonds. The van der Waals surface area contributed by atoms with Gasteiger partial charge in [0.15, 0.2) is 11.0 Å². The van der Waals surface area contributed by atoms with Crippen LogP contribution in [-0.4, -0.2) is 39.6 Å². The van der Waals surface area contributed by atoms with Crippen LogP contribution in [0.25, 0.3) is 5.69 Å². The van der Waals surface area contributed by atoms with Gasteiger partial charge in [0.25, 0.3) is 0 Å². The molecular weight excluding hydrogens is 448 g/mol. The van der Waals surface area contributed by atoms with Crippen LogP contribution < -0.4 is 14.8 Å². The number of halogens is 1. The molecule has 0 atom stereocenters. The van der Waals surface area contributed by atoms with E-state index < -0.39 is 0 Å². The van der Waals surface area contributed by atoms with Crippen molar-refractivity contribution in [2.75, 3.05) is 18.9 Å². The zero-order chi connectivity index (χ0) is 22.9. The van der Waals surface area contributed by atoms with Crippen LogP contribution in [0, 0.1) is 6.92 Å². The minimum atomic E-state index is -0.0412. The van der Waals surface area contributed by atoms with Crippen LogP contribution in [0.5, 0.6) is 11.5 Å². The zero-order valence-corrected chi connectivity index (χ0v) is 20.0. The molecule has 0 spiro atoms. The van der Waals surface area contributed by atoms with Gasteiger partial charge in [-0.15, -0.1) is 10.2 Å². The van der Waals surface area contributed by atoms with Crippen LogP contribution in [0.15, 0.2) is 47.6 Å². The number of carbonyl (C=O) groups is 1. The number of hydrogen-bond acceptors (Lipinski definition) is 6. The first-order chi connectivity index (χ1) is 15.5. The van der Waals surface area contributed by atoms with Crippen LogP contribution in [0.3, 0.4) is 0 Å². The van der Waals surface area contributed by atoms with Crippen LogP contribution in [0.1, 0.15) is 31.7 Å². The molecule has 0 saturated carbocycles. The molecule has 1 heterocycles. The molecule has 32 heavy (non-hydrogen) atoms. The van der Waals surface area contributed by atoms with Crippen LogP contribution in [0.4, 0.5) is 0 Å². The summed E-state index contributed by atoms with van der Waals surface area (Å²) in [6.45, 7) is 7.37. The summed E-state index contributed by atoms with van der Waals surface area (Å²) in [5.74, 6) is 2.29. The summed E-state index contributed by atoms with van der Waals surface area (Å²) in [6.07, 6.45) is 0.890. The largest absolute Gasteiger partial charge is 0.494 e. The highest BCUT2D eigenvalue weighted by Gasteiger charge is 2.17. The molecule has 1 N–H and O–H groups in total. The highest BCUT2D eigenvalue weighted by Crippen LogP contribution is 2.26. The summed E-state index contributed by atoms with van der Waals surface area (Å²) in [6, 6.07) is 13.2. The van der Waals surface area contributed by atoms with Gasteiger partial charge in [0.1, 0.15) is 18.1 Å². The Balaban J connectivity index is 1.80. The predicted molar refractivity (Wildman–Crippen MR) is 127 cm³/mol. The Morgan fingerprint density at radius 2 is 1.81 bits per heavy atom. The average Bonchev–Trinajstić information content (AvgIpc) is 3.20. The summed E-state index contributed by atoms with van der Waals surface area (Å²) < 4.78 is 13.3. The number of thioether (sulfide) groups is 1. The van der Waals surface area contributed by atoms with Gasteiger partial charge in [0, 0.05) is 11.6 Å². The molecule has 0 bridgehead atoms. The first-order valence-electron chi connectivity index (χ1n) is 10.5. The number of ether oxygens (including phenoxy) is 2. The molecule has 7 nitrogen and oxygen atoms in total. The lowest BCUT2D eigenvalue weighted by molar-refractivity contribution is -0.118. The van der Waals surface area contributed by atoms with Gasteiger partial charge in [0.05, 0.1) is 18.0 Å². The molecule has 1 aromatic heterocycles. The van der Waals surface area contributed by atoms with Crippen molar-refractivity contribution in [3.8, 4) is 17.2 Å². The number of hydrogen-bond donors (Lipinski definition) is 1. The maximum Gasteiger partial charge on any atom is 0.230 e. The monoisotopic (exact) mass is 474 g/mol. The highest BCUT2D eigenvalue weighted by molar-refractivity contribution is 7.99. The van der Waals surface area contributed by atoms with E-state index in [0.29, 0.717) is 34.9 Å². The van der Waals surface area contributed by atoms with Gasteiger partial charge >= 0.3 is 0 Å². The van der Waals surface area contributed by atoms with Crippen LogP contribution in [0.2, 0.25) is 5.02 Å². The van der Waals surface area contributed by atoms with E-state index in [2.05, 4.69) is 15.5 Å². The molecule has 2 aromatic carbocycles. The maximum absolute atomic E-state index is 12.1. The second kappa shape index (κ2) is 11.8. The lowest BCUT2D eigenvalue weighted by atomic mass is 10.2. The third-order valence-electron chi connectivity index (χ3n) is 4.52. The van der Waals surface area contributed by atoms with Crippen molar-refractivity contribution >= 4 is 29.3 Å². The molecule has 3 aromatic rings. The fraction of sp³-hybridized carbons (Fsp3) is 0.348. The number of carbonyl (C=O) groups excluding carboxylic acids is 1. The topological polar surface area (TPSA) is 78.3 Å². The number of rotatable bonds is 11. The molecule has 0 fully saturated rings. The standard InChI is InChI=1S/C23H27ClN4O3S/c1-4-12-25-22(29)15-32-23-27-26-21(28(23)17-7-6-16(3)20(24)13-17)14-31-19-10-8-18(9-11-19)30-5-2/h6-11,13H,4-5,12,14-15H2,1-3H3,(H,25,29). The smallest absolute Gasteiger partial charge is 0.230 e. The van der Waals surface area contributed by atoms with E-state index in [0.717, 1.165) is 23.4 Å². The Hall–Kier alpha value is -2.71. The zero-order valence-electron chi connectivity index (χ0n) is 18.4. The van der Waals surface area contributed by atoms with Gasteiger partial charge < -0.3 is 14.8 Å². The minimum Gasteiger partial charge on any atom is -0.494 e. The first-order valence-corrected chi connectivity index (χ1v) is 11.8. The van der Waals surface area contributed by atoms with Crippen molar-refractivity contribution in [2.45, 2.75) is 39.0 Å². The van der Waals surface area contributed by atoms with Crippen molar-refractivity contribution in [3.05, 3.63) is 58.9 Å². The predicted octanol–water partition coefficient (Wildman–Crippen LogP) is 4.83. The van der Waals surface area contributed by atoms with Crippen molar-refractivity contribution < 1.29 is 14.3 Å². The van der Waals surface area contributed by atoms with E-state index in [-0.39, 0.29) is 18.3 Å². The fourth-order valence-electron chi connectivity index (χ4n) is 2.86. The van der Waals surface area contributed by atoms with Gasteiger partial charge in [-0.1, -0.05) is 36.4 Å². The second-order valence-electron chi connectivity index (χ2n) is 7.00. The molecule has 170 valence electrons. The normalized spacial score (nSPS) is 10.8. The van der Waals surface area contributed by atoms with Gasteiger partial charge in [-0.2, -0.15) is 0 Å². The molecule has 0 aliphatic heterocycles. The SMILES string of the molecule is CCCNC(=O)CSc1nnc(COc2ccc(OCC)cc2)n1-c1ccc(C)c(Cl)c1. The van der Waals surface area contributed by atoms with Crippen molar-refractivity contribution in [3.63, 3.8) is 0 Å². The van der Waals surface area contributed by atoms with Crippen molar-refractivity contribution in [1.82, 2.24) is 20.1 Å². The molecule has 3 rings (SSSR count). The molecular formula is C23H27ClN4O3S. The number of aryl methyl sites for hydroxylation is 1. The van der Waals surface area contributed by atoms with Crippen LogP contribution in [-0.2, 0) is 11.4 Å². The summed E-state index contributed by atoms with van der Waals surface area (Å²) in [7, 11) is 0. The summed E-state index contributed by atoms with van der Waals surface area (Å²) in [4.78, 5) is 12.1. The molecule has 0 radical (unpaired) electrons. The number of benzene rings is 2. The Labute approximate surface area is 197 Å². The van der Waals surface area contributed by atoms with Crippen molar-refractivity contribution in [1.29, 1.82) is 0 Å².